The fraction of sp³-hybridized carbons (Fsp3) is 0.500. The molecule has 0 saturated carbocycles. The maximum atomic E-state index is 5.07. The molecule has 0 atom stereocenters. The number of nitrogens with zero attached hydrogens (tertiary/aromatic N) is 3. The number of nitrogens with one attached hydrogen (secondary N) is 1. The van der Waals surface area contributed by atoms with Gasteiger partial charge in [-0.25, -0.2) is 0 Å². The fourth-order valence-corrected chi connectivity index (χ4v) is 1.47. The zero-order valence-corrected chi connectivity index (χ0v) is 9.36. The first-order valence-electron chi connectivity index (χ1n) is 5.15. The maximum Gasteiger partial charge on any atom is 0.227 e. The highest BCUT2D eigenvalue weighted by molar-refractivity contribution is 5.20. The van der Waals surface area contributed by atoms with E-state index in [1.165, 1.54) is 6.33 Å². The molecule has 0 spiro atoms. The second-order valence-corrected chi connectivity index (χ2v) is 3.56. The summed E-state index contributed by atoms with van der Waals surface area (Å²) in [7, 11) is 0. The third-order valence-corrected chi connectivity index (χ3v) is 2.41. The van der Waals surface area contributed by atoms with E-state index in [0.29, 0.717) is 5.89 Å². The lowest BCUT2D eigenvalue weighted by molar-refractivity contribution is 0.374. The van der Waals surface area contributed by atoms with E-state index in [9.17, 15) is 0 Å². The Labute approximate surface area is 93.0 Å². The molecule has 0 saturated heterocycles. The second kappa shape index (κ2) is 4.89. The van der Waals surface area contributed by atoms with Crippen LogP contribution in [0.25, 0.3) is 0 Å². The van der Waals surface area contributed by atoms with E-state index in [4.69, 9.17) is 9.05 Å². The van der Waals surface area contributed by atoms with Gasteiger partial charge in [0.1, 0.15) is 5.76 Å². The standard InChI is InChI=1S/C10H14N4O2/c1-7-9(8(2)15-14-7)5-11-4-3-10-12-6-13-16-10/h6,11H,3-5H2,1-2H3. The van der Waals surface area contributed by atoms with Crippen LogP contribution in [-0.4, -0.2) is 21.8 Å². The van der Waals surface area contributed by atoms with Gasteiger partial charge in [-0.3, -0.25) is 0 Å². The molecule has 6 nitrogen and oxygen atoms in total. The quantitative estimate of drug-likeness (QED) is 0.761. The molecule has 86 valence electrons. The topological polar surface area (TPSA) is 77.0 Å². The molecule has 0 aromatic carbocycles. The van der Waals surface area contributed by atoms with Gasteiger partial charge in [0.2, 0.25) is 5.89 Å². The number of aryl methyl sites for hydroxylation is 2. The first kappa shape index (κ1) is 10.8. The summed E-state index contributed by atoms with van der Waals surface area (Å²) in [6.45, 7) is 5.38. The highest BCUT2D eigenvalue weighted by Gasteiger charge is 2.07. The third-order valence-electron chi connectivity index (χ3n) is 2.41. The molecule has 0 fully saturated rings. The van der Waals surface area contributed by atoms with Crippen molar-refractivity contribution in [1.82, 2.24) is 20.6 Å². The molecule has 0 amide bonds. The minimum Gasteiger partial charge on any atom is -0.361 e. The lowest BCUT2D eigenvalue weighted by Gasteiger charge is -2.01. The normalized spacial score (nSPS) is 10.9. The Morgan fingerprint density at radius 3 is 2.81 bits per heavy atom. The van der Waals surface area contributed by atoms with Gasteiger partial charge in [0.15, 0.2) is 6.33 Å². The number of aromatic nitrogens is 3. The van der Waals surface area contributed by atoms with Crippen LogP contribution in [0.15, 0.2) is 15.4 Å². The highest BCUT2D eigenvalue weighted by atomic mass is 16.5. The van der Waals surface area contributed by atoms with Crippen molar-refractivity contribution in [1.29, 1.82) is 0 Å². The van der Waals surface area contributed by atoms with Gasteiger partial charge in [-0.15, -0.1) is 0 Å². The summed E-state index contributed by atoms with van der Waals surface area (Å²) in [5, 5.41) is 10.7. The van der Waals surface area contributed by atoms with Crippen LogP contribution < -0.4 is 5.32 Å². The summed E-state index contributed by atoms with van der Waals surface area (Å²) >= 11 is 0. The van der Waals surface area contributed by atoms with E-state index in [1.54, 1.807) is 0 Å². The van der Waals surface area contributed by atoms with Crippen molar-refractivity contribution in [2.45, 2.75) is 26.8 Å². The average Bonchev–Trinajstić information content (AvgIpc) is 2.87. The van der Waals surface area contributed by atoms with Crippen molar-refractivity contribution in [2.75, 3.05) is 6.54 Å². The predicted octanol–water partition coefficient (Wildman–Crippen LogP) is 1.01. The van der Waals surface area contributed by atoms with Gasteiger partial charge in [0.25, 0.3) is 0 Å². The molecule has 0 bridgehead atoms. The van der Waals surface area contributed by atoms with E-state index in [2.05, 4.69) is 20.6 Å². The zero-order chi connectivity index (χ0) is 11.4. The fourth-order valence-electron chi connectivity index (χ4n) is 1.47. The van der Waals surface area contributed by atoms with Crippen LogP contribution in [0, 0.1) is 13.8 Å². The van der Waals surface area contributed by atoms with Crippen LogP contribution in [0.2, 0.25) is 0 Å². The molecule has 2 aromatic rings. The number of rotatable bonds is 5. The third kappa shape index (κ3) is 2.46. The minimum absolute atomic E-state index is 0.645. The number of hydrogen-bond donors (Lipinski definition) is 1. The largest absolute Gasteiger partial charge is 0.361 e. The van der Waals surface area contributed by atoms with Crippen LogP contribution >= 0.6 is 0 Å². The predicted molar refractivity (Wildman–Crippen MR) is 55.7 cm³/mol. The molecule has 0 radical (unpaired) electrons. The monoisotopic (exact) mass is 222 g/mol. The molecule has 0 aliphatic carbocycles. The van der Waals surface area contributed by atoms with Crippen molar-refractivity contribution < 1.29 is 9.05 Å². The first-order chi connectivity index (χ1) is 7.77. The molecule has 16 heavy (non-hydrogen) atoms. The SMILES string of the molecule is Cc1noc(C)c1CNCCc1ncno1. The Kier molecular flexibility index (Phi) is 3.31. The lowest BCUT2D eigenvalue weighted by atomic mass is 10.2. The van der Waals surface area contributed by atoms with Crippen molar-refractivity contribution >= 4 is 0 Å². The van der Waals surface area contributed by atoms with E-state index in [0.717, 1.165) is 36.5 Å². The van der Waals surface area contributed by atoms with Crippen molar-refractivity contribution in [3.8, 4) is 0 Å². The van der Waals surface area contributed by atoms with E-state index in [-0.39, 0.29) is 0 Å². The molecule has 2 heterocycles. The van der Waals surface area contributed by atoms with E-state index in [1.807, 2.05) is 13.8 Å². The van der Waals surface area contributed by atoms with Crippen LogP contribution in [0.1, 0.15) is 22.9 Å². The molecule has 2 rings (SSSR count). The summed E-state index contributed by atoms with van der Waals surface area (Å²) in [6, 6.07) is 0. The second-order valence-electron chi connectivity index (χ2n) is 3.56. The molecule has 6 heteroatoms. The summed E-state index contributed by atoms with van der Waals surface area (Å²) in [6.07, 6.45) is 2.13. The average molecular weight is 222 g/mol. The molecule has 1 N–H and O–H groups in total. The Morgan fingerprint density at radius 2 is 2.19 bits per heavy atom. The Balaban J connectivity index is 1.76. The van der Waals surface area contributed by atoms with Gasteiger partial charge < -0.3 is 14.4 Å². The van der Waals surface area contributed by atoms with Crippen LogP contribution in [0.3, 0.4) is 0 Å². The summed E-state index contributed by atoms with van der Waals surface area (Å²) in [5.41, 5.74) is 2.05. The maximum absolute atomic E-state index is 5.07. The Bertz CT molecular complexity index is 416. The van der Waals surface area contributed by atoms with Crippen molar-refractivity contribution in [3.05, 3.63) is 29.2 Å². The lowest BCUT2D eigenvalue weighted by Crippen LogP contribution is -2.17. The Hall–Kier alpha value is -1.69. The molecule has 0 aliphatic heterocycles. The molecular formula is C10H14N4O2. The smallest absolute Gasteiger partial charge is 0.227 e. The molecular weight excluding hydrogens is 208 g/mol. The van der Waals surface area contributed by atoms with Crippen molar-refractivity contribution in [3.63, 3.8) is 0 Å². The van der Waals surface area contributed by atoms with E-state index < -0.39 is 0 Å². The van der Waals surface area contributed by atoms with Crippen molar-refractivity contribution in [2.24, 2.45) is 0 Å². The summed E-state index contributed by atoms with van der Waals surface area (Å²) < 4.78 is 9.95. The minimum atomic E-state index is 0.645. The van der Waals surface area contributed by atoms with Gasteiger partial charge >= 0.3 is 0 Å². The van der Waals surface area contributed by atoms with E-state index >= 15 is 0 Å². The van der Waals surface area contributed by atoms with Gasteiger partial charge in [-0.2, -0.15) is 4.98 Å². The highest BCUT2D eigenvalue weighted by Crippen LogP contribution is 2.11. The summed E-state index contributed by atoms with van der Waals surface area (Å²) in [4.78, 5) is 3.94. The molecule has 0 aliphatic rings. The van der Waals surface area contributed by atoms with Gasteiger partial charge in [0, 0.05) is 25.1 Å². The number of hydrogen-bond acceptors (Lipinski definition) is 6. The summed E-state index contributed by atoms with van der Waals surface area (Å²) in [5.74, 6) is 1.51. The molecule has 0 unspecified atom stereocenters. The Morgan fingerprint density at radius 1 is 1.31 bits per heavy atom. The van der Waals surface area contributed by atoms with Gasteiger partial charge in [0.05, 0.1) is 5.69 Å². The molecule has 2 aromatic heterocycles. The first-order valence-corrected chi connectivity index (χ1v) is 5.15. The van der Waals surface area contributed by atoms with Gasteiger partial charge in [-0.1, -0.05) is 10.3 Å². The van der Waals surface area contributed by atoms with Crippen LogP contribution in [-0.2, 0) is 13.0 Å². The van der Waals surface area contributed by atoms with Gasteiger partial charge in [-0.05, 0) is 13.8 Å². The van der Waals surface area contributed by atoms with Crippen LogP contribution in [0.4, 0.5) is 0 Å². The van der Waals surface area contributed by atoms with Crippen LogP contribution in [0.5, 0.6) is 0 Å². The zero-order valence-electron chi connectivity index (χ0n) is 9.36.